The third kappa shape index (κ3) is 5.53. The predicted molar refractivity (Wildman–Crippen MR) is 54.6 cm³/mol. The number of amides is 2. The van der Waals surface area contributed by atoms with Gasteiger partial charge in [-0.1, -0.05) is 0 Å². The first kappa shape index (κ1) is 12.9. The normalized spacial score (nSPS) is 11.9. The van der Waals surface area contributed by atoms with Crippen LogP contribution in [0.5, 0.6) is 0 Å². The van der Waals surface area contributed by atoms with Crippen LogP contribution < -0.4 is 16.4 Å². The van der Waals surface area contributed by atoms with Crippen molar-refractivity contribution in [2.45, 2.75) is 32.2 Å². The second-order valence-electron chi connectivity index (χ2n) is 3.15. The average Bonchev–Trinajstić information content (AvgIpc) is 2.16. The summed E-state index contributed by atoms with van der Waals surface area (Å²) in [7, 11) is 1.54. The van der Waals surface area contributed by atoms with E-state index in [0.29, 0.717) is 13.0 Å². The summed E-state index contributed by atoms with van der Waals surface area (Å²) >= 11 is 0. The van der Waals surface area contributed by atoms with Crippen LogP contribution in [0.25, 0.3) is 0 Å². The van der Waals surface area contributed by atoms with E-state index in [2.05, 4.69) is 10.6 Å². The molecule has 1 atom stereocenters. The number of carbonyl (C=O) groups is 2. The molecule has 4 N–H and O–H groups in total. The van der Waals surface area contributed by atoms with E-state index in [1.807, 2.05) is 0 Å². The highest BCUT2D eigenvalue weighted by molar-refractivity contribution is 5.86. The summed E-state index contributed by atoms with van der Waals surface area (Å²) in [4.78, 5) is 22.2. The van der Waals surface area contributed by atoms with Crippen molar-refractivity contribution in [1.29, 1.82) is 0 Å². The molecular weight excluding hydrogens is 182 g/mol. The molecule has 5 heteroatoms. The number of hydrogen-bond acceptors (Lipinski definition) is 3. The number of unbranched alkanes of at least 4 members (excludes halogenated alkanes) is 1. The lowest BCUT2D eigenvalue weighted by Gasteiger charge is -2.11. The highest BCUT2D eigenvalue weighted by Gasteiger charge is 2.12. The van der Waals surface area contributed by atoms with Crippen molar-refractivity contribution >= 4 is 11.8 Å². The Hall–Kier alpha value is -1.10. The van der Waals surface area contributed by atoms with Crippen molar-refractivity contribution in [3.8, 4) is 0 Å². The average molecular weight is 201 g/mol. The summed E-state index contributed by atoms with van der Waals surface area (Å²) in [5, 5.41) is 5.06. The zero-order valence-electron chi connectivity index (χ0n) is 8.80. The van der Waals surface area contributed by atoms with E-state index in [0.717, 1.165) is 12.8 Å². The number of hydrogen-bond donors (Lipinski definition) is 3. The molecule has 0 spiro atoms. The first-order valence-corrected chi connectivity index (χ1v) is 4.82. The van der Waals surface area contributed by atoms with Crippen LogP contribution in [0.4, 0.5) is 0 Å². The molecule has 0 heterocycles. The Balaban J connectivity index is 3.65. The van der Waals surface area contributed by atoms with E-state index >= 15 is 0 Å². The van der Waals surface area contributed by atoms with Crippen LogP contribution in [0.3, 0.4) is 0 Å². The van der Waals surface area contributed by atoms with Crippen LogP contribution in [0.2, 0.25) is 0 Å². The summed E-state index contributed by atoms with van der Waals surface area (Å²) in [6.07, 6.45) is 2.03. The molecule has 0 saturated carbocycles. The SMILES string of the molecule is CNC(=O)C(C)NC(=O)CCCCN. The van der Waals surface area contributed by atoms with Gasteiger partial charge in [-0.15, -0.1) is 0 Å². The van der Waals surface area contributed by atoms with Crippen molar-refractivity contribution in [1.82, 2.24) is 10.6 Å². The third-order valence-corrected chi connectivity index (χ3v) is 1.88. The molecule has 0 aromatic rings. The van der Waals surface area contributed by atoms with Crippen LogP contribution in [0, 0.1) is 0 Å². The fourth-order valence-corrected chi connectivity index (χ4v) is 1.03. The molecule has 0 aliphatic carbocycles. The number of nitrogens with one attached hydrogen (secondary N) is 2. The van der Waals surface area contributed by atoms with E-state index in [-0.39, 0.29) is 11.8 Å². The van der Waals surface area contributed by atoms with Crippen LogP contribution >= 0.6 is 0 Å². The molecule has 14 heavy (non-hydrogen) atoms. The van der Waals surface area contributed by atoms with Crippen molar-refractivity contribution < 1.29 is 9.59 Å². The van der Waals surface area contributed by atoms with Gasteiger partial charge in [-0.25, -0.2) is 0 Å². The molecule has 0 bridgehead atoms. The third-order valence-electron chi connectivity index (χ3n) is 1.88. The molecule has 0 aliphatic heterocycles. The fraction of sp³-hybridized carbons (Fsp3) is 0.778. The topological polar surface area (TPSA) is 84.2 Å². The van der Waals surface area contributed by atoms with Crippen molar-refractivity contribution in [3.63, 3.8) is 0 Å². The van der Waals surface area contributed by atoms with Crippen LogP contribution in [0.15, 0.2) is 0 Å². The maximum absolute atomic E-state index is 11.2. The van der Waals surface area contributed by atoms with Crippen LogP contribution in [-0.2, 0) is 9.59 Å². The molecule has 2 amide bonds. The smallest absolute Gasteiger partial charge is 0.242 e. The number of nitrogens with two attached hydrogens (primary N) is 1. The quantitative estimate of drug-likeness (QED) is 0.500. The molecule has 1 unspecified atom stereocenters. The predicted octanol–water partition coefficient (Wildman–Crippen LogP) is -0.634. The maximum atomic E-state index is 11.2. The molecule has 0 aromatic heterocycles. The first-order valence-electron chi connectivity index (χ1n) is 4.82. The lowest BCUT2D eigenvalue weighted by atomic mass is 10.2. The van der Waals surface area contributed by atoms with E-state index in [1.54, 1.807) is 14.0 Å². The van der Waals surface area contributed by atoms with Gasteiger partial charge < -0.3 is 16.4 Å². The van der Waals surface area contributed by atoms with Gasteiger partial charge in [-0.2, -0.15) is 0 Å². The minimum atomic E-state index is -0.467. The van der Waals surface area contributed by atoms with Gasteiger partial charge in [-0.3, -0.25) is 9.59 Å². The molecule has 0 aromatic carbocycles. The molecule has 0 rings (SSSR count). The summed E-state index contributed by atoms with van der Waals surface area (Å²) in [5.74, 6) is -0.285. The molecule has 82 valence electrons. The Morgan fingerprint density at radius 2 is 2.00 bits per heavy atom. The number of carbonyl (C=O) groups excluding carboxylic acids is 2. The highest BCUT2D eigenvalue weighted by atomic mass is 16.2. The second-order valence-corrected chi connectivity index (χ2v) is 3.15. The molecule has 5 nitrogen and oxygen atoms in total. The Kier molecular flexibility index (Phi) is 6.74. The summed E-state index contributed by atoms with van der Waals surface area (Å²) < 4.78 is 0. The van der Waals surface area contributed by atoms with Gasteiger partial charge in [0.15, 0.2) is 0 Å². The van der Waals surface area contributed by atoms with Gasteiger partial charge in [0, 0.05) is 13.5 Å². The Morgan fingerprint density at radius 1 is 1.36 bits per heavy atom. The first-order chi connectivity index (χ1) is 6.61. The van der Waals surface area contributed by atoms with Crippen molar-refractivity contribution in [3.05, 3.63) is 0 Å². The minimum Gasteiger partial charge on any atom is -0.357 e. The molecule has 0 radical (unpaired) electrons. The van der Waals surface area contributed by atoms with Crippen LogP contribution in [0.1, 0.15) is 26.2 Å². The molecule has 0 saturated heterocycles. The Labute approximate surface area is 84.4 Å². The van der Waals surface area contributed by atoms with Crippen molar-refractivity contribution in [2.75, 3.05) is 13.6 Å². The minimum absolute atomic E-state index is 0.102. The van der Waals surface area contributed by atoms with Crippen molar-refractivity contribution in [2.24, 2.45) is 5.73 Å². The zero-order valence-corrected chi connectivity index (χ0v) is 8.80. The lowest BCUT2D eigenvalue weighted by Crippen LogP contribution is -2.43. The summed E-state index contributed by atoms with van der Waals surface area (Å²) in [5.41, 5.74) is 5.29. The molecular formula is C9H19N3O2. The van der Waals surface area contributed by atoms with E-state index < -0.39 is 6.04 Å². The van der Waals surface area contributed by atoms with Gasteiger partial charge >= 0.3 is 0 Å². The summed E-state index contributed by atoms with van der Waals surface area (Å²) in [6.45, 7) is 2.25. The summed E-state index contributed by atoms with van der Waals surface area (Å²) in [6, 6.07) is -0.467. The number of likely N-dealkylation sites (N-methyl/N-ethyl adjacent to an activating group) is 1. The monoisotopic (exact) mass is 201 g/mol. The van der Waals surface area contributed by atoms with Gasteiger partial charge in [0.1, 0.15) is 6.04 Å². The van der Waals surface area contributed by atoms with Gasteiger partial charge in [-0.05, 0) is 26.3 Å². The van der Waals surface area contributed by atoms with E-state index in [4.69, 9.17) is 5.73 Å². The second kappa shape index (κ2) is 7.32. The standard InChI is InChI=1S/C9H19N3O2/c1-7(9(14)11-2)12-8(13)5-3-4-6-10/h7H,3-6,10H2,1-2H3,(H,11,14)(H,12,13). The van der Waals surface area contributed by atoms with Gasteiger partial charge in [0.05, 0.1) is 0 Å². The van der Waals surface area contributed by atoms with Gasteiger partial charge in [0.25, 0.3) is 0 Å². The Bertz CT molecular complexity index is 194. The zero-order chi connectivity index (χ0) is 11.0. The largest absolute Gasteiger partial charge is 0.357 e. The Morgan fingerprint density at radius 3 is 2.50 bits per heavy atom. The molecule has 0 fully saturated rings. The van der Waals surface area contributed by atoms with Crippen LogP contribution in [-0.4, -0.2) is 31.4 Å². The lowest BCUT2D eigenvalue weighted by molar-refractivity contribution is -0.128. The van der Waals surface area contributed by atoms with Gasteiger partial charge in [0.2, 0.25) is 11.8 Å². The maximum Gasteiger partial charge on any atom is 0.242 e. The van der Waals surface area contributed by atoms with E-state index in [9.17, 15) is 9.59 Å². The highest BCUT2D eigenvalue weighted by Crippen LogP contribution is 1.94. The fourth-order valence-electron chi connectivity index (χ4n) is 1.03. The number of rotatable bonds is 6. The molecule has 0 aliphatic rings. The van der Waals surface area contributed by atoms with E-state index in [1.165, 1.54) is 0 Å².